The Hall–Kier alpha value is -1.59. The molecule has 106 valence electrons. The van der Waals surface area contributed by atoms with Gasteiger partial charge in [0.25, 0.3) is 0 Å². The molecule has 1 atom stereocenters. The molecule has 1 N–H and O–H groups in total. The SMILES string of the molecule is Cn1c(CN2CCC[C@H]2C(=O)O)nc2cc(Cl)ccc21. The highest BCUT2D eigenvalue weighted by Crippen LogP contribution is 2.23. The van der Waals surface area contributed by atoms with Crippen LogP contribution in [0.2, 0.25) is 5.02 Å². The van der Waals surface area contributed by atoms with Gasteiger partial charge in [-0.05, 0) is 37.6 Å². The maximum Gasteiger partial charge on any atom is 0.320 e. The highest BCUT2D eigenvalue weighted by molar-refractivity contribution is 6.31. The van der Waals surface area contributed by atoms with Gasteiger partial charge in [0, 0.05) is 12.1 Å². The van der Waals surface area contributed by atoms with E-state index in [0.29, 0.717) is 18.0 Å². The maximum absolute atomic E-state index is 11.2. The molecule has 1 saturated heterocycles. The van der Waals surface area contributed by atoms with Crippen LogP contribution < -0.4 is 0 Å². The Morgan fingerprint density at radius 3 is 3.10 bits per heavy atom. The first-order valence-corrected chi connectivity index (χ1v) is 7.02. The van der Waals surface area contributed by atoms with Crippen molar-refractivity contribution in [1.29, 1.82) is 0 Å². The van der Waals surface area contributed by atoms with Crippen molar-refractivity contribution in [3.8, 4) is 0 Å². The van der Waals surface area contributed by atoms with E-state index in [2.05, 4.69) is 4.98 Å². The number of halogens is 1. The lowest BCUT2D eigenvalue weighted by Gasteiger charge is -2.20. The second-order valence-corrected chi connectivity index (χ2v) is 5.62. The Morgan fingerprint density at radius 1 is 1.55 bits per heavy atom. The van der Waals surface area contributed by atoms with Gasteiger partial charge >= 0.3 is 5.97 Å². The van der Waals surface area contributed by atoms with E-state index in [1.165, 1.54) is 0 Å². The minimum absolute atomic E-state index is 0.390. The largest absolute Gasteiger partial charge is 0.480 e. The Balaban J connectivity index is 1.91. The standard InChI is InChI=1S/C14H16ClN3O2/c1-17-11-5-4-9(15)7-10(11)16-13(17)8-18-6-2-3-12(18)14(19)20/h4-5,7,12H,2-3,6,8H2,1H3,(H,19,20)/t12-/m0/s1. The molecule has 1 aliphatic heterocycles. The van der Waals surface area contributed by atoms with Gasteiger partial charge in [-0.15, -0.1) is 0 Å². The van der Waals surface area contributed by atoms with Gasteiger partial charge < -0.3 is 9.67 Å². The number of nitrogens with zero attached hydrogens (tertiary/aromatic N) is 3. The van der Waals surface area contributed by atoms with Crippen molar-refractivity contribution in [2.45, 2.75) is 25.4 Å². The number of aromatic nitrogens is 2. The third kappa shape index (κ3) is 2.27. The van der Waals surface area contributed by atoms with Crippen molar-refractivity contribution in [3.63, 3.8) is 0 Å². The first-order valence-electron chi connectivity index (χ1n) is 6.64. The van der Waals surface area contributed by atoms with Gasteiger partial charge in [0.2, 0.25) is 0 Å². The molecular weight excluding hydrogens is 278 g/mol. The molecule has 0 saturated carbocycles. The van der Waals surface area contributed by atoms with Crippen LogP contribution in [0.25, 0.3) is 11.0 Å². The number of hydrogen-bond acceptors (Lipinski definition) is 3. The molecule has 1 fully saturated rings. The molecule has 1 aliphatic rings. The number of hydrogen-bond donors (Lipinski definition) is 1. The summed E-state index contributed by atoms with van der Waals surface area (Å²) in [5.41, 5.74) is 1.86. The number of aliphatic carboxylic acids is 1. The summed E-state index contributed by atoms with van der Waals surface area (Å²) >= 11 is 5.98. The molecule has 0 radical (unpaired) electrons. The molecule has 0 spiro atoms. The van der Waals surface area contributed by atoms with Crippen molar-refractivity contribution in [2.75, 3.05) is 6.54 Å². The summed E-state index contributed by atoms with van der Waals surface area (Å²) in [5.74, 6) is 0.125. The van der Waals surface area contributed by atoms with Gasteiger partial charge in [0.1, 0.15) is 11.9 Å². The summed E-state index contributed by atoms with van der Waals surface area (Å²) in [5, 5.41) is 9.88. The summed E-state index contributed by atoms with van der Waals surface area (Å²) in [7, 11) is 1.95. The monoisotopic (exact) mass is 293 g/mol. The fraction of sp³-hybridized carbons (Fsp3) is 0.429. The van der Waals surface area contributed by atoms with Crippen LogP contribution >= 0.6 is 11.6 Å². The number of imidazole rings is 1. The Labute approximate surface area is 121 Å². The van der Waals surface area contributed by atoms with Gasteiger partial charge in [-0.3, -0.25) is 9.69 Å². The molecule has 0 amide bonds. The average Bonchev–Trinajstić information content (AvgIpc) is 2.96. The van der Waals surface area contributed by atoms with Crippen molar-refractivity contribution in [2.24, 2.45) is 7.05 Å². The molecule has 20 heavy (non-hydrogen) atoms. The number of rotatable bonds is 3. The van der Waals surface area contributed by atoms with Gasteiger partial charge in [0.05, 0.1) is 17.6 Å². The number of carboxylic acid groups (broad SMARTS) is 1. The highest BCUT2D eigenvalue weighted by Gasteiger charge is 2.31. The van der Waals surface area contributed by atoms with E-state index < -0.39 is 12.0 Å². The lowest BCUT2D eigenvalue weighted by atomic mass is 10.2. The molecule has 1 aromatic carbocycles. The number of carbonyl (C=O) groups is 1. The molecule has 0 bridgehead atoms. The van der Waals surface area contributed by atoms with E-state index in [1.807, 2.05) is 34.7 Å². The highest BCUT2D eigenvalue weighted by atomic mass is 35.5. The van der Waals surface area contributed by atoms with Crippen molar-refractivity contribution >= 4 is 28.6 Å². The van der Waals surface area contributed by atoms with Gasteiger partial charge in [-0.1, -0.05) is 11.6 Å². The first-order chi connectivity index (χ1) is 9.56. The first kappa shape index (κ1) is 13.4. The zero-order chi connectivity index (χ0) is 14.3. The zero-order valence-corrected chi connectivity index (χ0v) is 12.0. The lowest BCUT2D eigenvalue weighted by Crippen LogP contribution is -2.36. The Bertz CT molecular complexity index is 668. The minimum atomic E-state index is -0.746. The Morgan fingerprint density at radius 2 is 2.35 bits per heavy atom. The number of likely N-dealkylation sites (tertiary alicyclic amines) is 1. The normalized spacial score (nSPS) is 19.8. The van der Waals surface area contributed by atoms with Crippen LogP contribution in [0.1, 0.15) is 18.7 Å². The predicted octanol–water partition coefficient (Wildman–Crippen LogP) is 2.28. The van der Waals surface area contributed by atoms with E-state index >= 15 is 0 Å². The fourth-order valence-electron chi connectivity index (χ4n) is 2.84. The van der Waals surface area contributed by atoms with Crippen LogP contribution in [0.4, 0.5) is 0 Å². The molecule has 2 aromatic rings. The Kier molecular flexibility index (Phi) is 3.40. The predicted molar refractivity (Wildman–Crippen MR) is 76.8 cm³/mol. The molecule has 3 rings (SSSR count). The lowest BCUT2D eigenvalue weighted by molar-refractivity contribution is -0.142. The molecule has 2 heterocycles. The summed E-state index contributed by atoms with van der Waals surface area (Å²) in [4.78, 5) is 17.8. The number of aryl methyl sites for hydroxylation is 1. The van der Waals surface area contributed by atoms with E-state index in [0.717, 1.165) is 29.8 Å². The molecule has 1 aromatic heterocycles. The summed E-state index contributed by atoms with van der Waals surface area (Å²) < 4.78 is 2.00. The smallest absolute Gasteiger partial charge is 0.320 e. The van der Waals surface area contributed by atoms with Gasteiger partial charge in [-0.2, -0.15) is 0 Å². The van der Waals surface area contributed by atoms with Gasteiger partial charge in [-0.25, -0.2) is 4.98 Å². The molecule has 5 nitrogen and oxygen atoms in total. The van der Waals surface area contributed by atoms with Crippen molar-refractivity contribution in [1.82, 2.24) is 14.5 Å². The topological polar surface area (TPSA) is 58.4 Å². The van der Waals surface area contributed by atoms with Crippen LogP contribution in [-0.4, -0.2) is 38.1 Å². The quantitative estimate of drug-likeness (QED) is 0.943. The molecule has 6 heteroatoms. The van der Waals surface area contributed by atoms with E-state index in [1.54, 1.807) is 0 Å². The van der Waals surface area contributed by atoms with E-state index in [4.69, 9.17) is 11.6 Å². The number of fused-ring (bicyclic) bond motifs is 1. The number of carboxylic acids is 1. The second-order valence-electron chi connectivity index (χ2n) is 5.19. The third-order valence-corrected chi connectivity index (χ3v) is 4.16. The van der Waals surface area contributed by atoms with E-state index in [-0.39, 0.29) is 0 Å². The second kappa shape index (κ2) is 5.07. The number of benzene rings is 1. The zero-order valence-electron chi connectivity index (χ0n) is 11.2. The van der Waals surface area contributed by atoms with Crippen LogP contribution in [0, 0.1) is 0 Å². The third-order valence-electron chi connectivity index (χ3n) is 3.93. The maximum atomic E-state index is 11.2. The van der Waals surface area contributed by atoms with Crippen LogP contribution in [0.3, 0.4) is 0 Å². The van der Waals surface area contributed by atoms with Crippen LogP contribution in [0.15, 0.2) is 18.2 Å². The summed E-state index contributed by atoms with van der Waals surface area (Å²) in [6, 6.07) is 5.22. The van der Waals surface area contributed by atoms with Crippen LogP contribution in [0.5, 0.6) is 0 Å². The fourth-order valence-corrected chi connectivity index (χ4v) is 3.01. The van der Waals surface area contributed by atoms with Crippen LogP contribution in [-0.2, 0) is 18.4 Å². The summed E-state index contributed by atoms with van der Waals surface area (Å²) in [6.07, 6.45) is 1.64. The molecule has 0 aliphatic carbocycles. The minimum Gasteiger partial charge on any atom is -0.480 e. The average molecular weight is 294 g/mol. The summed E-state index contributed by atoms with van der Waals surface area (Å²) in [6.45, 7) is 1.36. The molecule has 0 unspecified atom stereocenters. The van der Waals surface area contributed by atoms with Crippen molar-refractivity contribution in [3.05, 3.63) is 29.0 Å². The molecular formula is C14H16ClN3O2. The van der Waals surface area contributed by atoms with Crippen molar-refractivity contribution < 1.29 is 9.90 Å². The van der Waals surface area contributed by atoms with Gasteiger partial charge in [0.15, 0.2) is 0 Å². The van der Waals surface area contributed by atoms with E-state index in [9.17, 15) is 9.90 Å².